The van der Waals surface area contributed by atoms with E-state index in [0.717, 1.165) is 0 Å². The maximum absolute atomic E-state index is 11.4. The lowest BCUT2D eigenvalue weighted by Crippen LogP contribution is -2.34. The third kappa shape index (κ3) is 8.98. The molecule has 15 heteroatoms. The lowest BCUT2D eigenvalue weighted by atomic mass is 10.0. The largest absolute Gasteiger partial charge is 0.483 e. The molecule has 0 fully saturated rings. The molecule has 0 aliphatic carbocycles. The summed E-state index contributed by atoms with van der Waals surface area (Å²) in [5, 5.41) is 4.38. The van der Waals surface area contributed by atoms with Crippen molar-refractivity contribution in [2.24, 2.45) is 9.98 Å². The van der Waals surface area contributed by atoms with Gasteiger partial charge >= 0.3 is 20.8 Å². The minimum absolute atomic E-state index is 0.190. The Bertz CT molecular complexity index is 1230. The molecule has 0 spiro atoms. The van der Waals surface area contributed by atoms with Crippen molar-refractivity contribution in [3.05, 3.63) is 54.1 Å². The molecule has 0 saturated heterocycles. The second-order valence-electron chi connectivity index (χ2n) is 5.80. The smallest absolute Gasteiger partial charge is 0.397 e. The fourth-order valence-corrected chi connectivity index (χ4v) is 3.41. The van der Waals surface area contributed by atoms with Gasteiger partial charge in [-0.3, -0.25) is 9.11 Å². The number of isothiocyanates is 2. The monoisotopic (exact) mass is 518 g/mol. The standard InChI is InChI=1S/C17H14N2O9S4/c20-31(21,22)26-9-16(28-32(23,24)25)17(12-1-3-13(4-2-12)18-10-29)27-15-7-5-14(6-8-15)19-11-30/h1-8,16-17H,9H2,(H,20,21,22)(H,23,24,25). The van der Waals surface area contributed by atoms with Gasteiger partial charge < -0.3 is 4.74 Å². The zero-order chi connectivity index (χ0) is 23.8. The maximum atomic E-state index is 11.4. The quantitative estimate of drug-likeness (QED) is 0.255. The van der Waals surface area contributed by atoms with Crippen molar-refractivity contribution < 1.29 is 39.0 Å². The van der Waals surface area contributed by atoms with Gasteiger partial charge in [-0.1, -0.05) is 12.1 Å². The number of aliphatic imine (C=N–C) groups is 2. The van der Waals surface area contributed by atoms with Crippen molar-refractivity contribution in [3.8, 4) is 5.75 Å². The van der Waals surface area contributed by atoms with Gasteiger partial charge in [-0.05, 0) is 66.4 Å². The molecule has 0 bridgehead atoms. The molecule has 2 aromatic carbocycles. The van der Waals surface area contributed by atoms with Crippen LogP contribution in [0.4, 0.5) is 11.4 Å². The average molecular weight is 519 g/mol. The summed E-state index contributed by atoms with van der Waals surface area (Å²) in [6.07, 6.45) is -3.09. The Labute approximate surface area is 194 Å². The van der Waals surface area contributed by atoms with Crippen molar-refractivity contribution >= 4 is 66.9 Å². The summed E-state index contributed by atoms with van der Waals surface area (Å²) < 4.78 is 77.4. The minimum atomic E-state index is -5.08. The zero-order valence-electron chi connectivity index (χ0n) is 15.8. The Hall–Kier alpha value is -2.42. The van der Waals surface area contributed by atoms with Crippen LogP contribution < -0.4 is 4.74 Å². The van der Waals surface area contributed by atoms with Gasteiger partial charge in [-0.15, -0.1) is 0 Å². The molecule has 11 nitrogen and oxygen atoms in total. The van der Waals surface area contributed by atoms with E-state index in [1.165, 1.54) is 48.5 Å². The lowest BCUT2D eigenvalue weighted by Gasteiger charge is -2.26. The highest BCUT2D eigenvalue weighted by molar-refractivity contribution is 7.81. The first-order valence-electron chi connectivity index (χ1n) is 8.31. The summed E-state index contributed by atoms with van der Waals surface area (Å²) >= 11 is 9.06. The molecule has 0 amide bonds. The molecular weight excluding hydrogens is 504 g/mol. The Morgan fingerprint density at radius 2 is 1.34 bits per heavy atom. The van der Waals surface area contributed by atoms with Gasteiger partial charge in [0.05, 0.1) is 21.7 Å². The highest BCUT2D eigenvalue weighted by Gasteiger charge is 2.32. The predicted molar refractivity (Wildman–Crippen MR) is 120 cm³/mol. The van der Waals surface area contributed by atoms with Crippen LogP contribution in [0.5, 0.6) is 5.75 Å². The Kier molecular flexibility index (Phi) is 9.24. The van der Waals surface area contributed by atoms with Crippen molar-refractivity contribution in [1.29, 1.82) is 0 Å². The normalized spacial score (nSPS) is 13.3. The van der Waals surface area contributed by atoms with Crippen LogP contribution in [-0.4, -0.2) is 49.0 Å². The van der Waals surface area contributed by atoms with Crippen LogP contribution in [-0.2, 0) is 29.2 Å². The molecule has 2 rings (SSSR count). The van der Waals surface area contributed by atoms with E-state index in [4.69, 9.17) is 13.8 Å². The summed E-state index contributed by atoms with van der Waals surface area (Å²) in [5.41, 5.74) is 1.17. The van der Waals surface area contributed by atoms with E-state index in [9.17, 15) is 16.8 Å². The van der Waals surface area contributed by atoms with Gasteiger partial charge in [0.1, 0.15) is 18.5 Å². The molecule has 0 saturated carbocycles. The number of thiocarbonyl (C=S) groups is 2. The second-order valence-corrected chi connectivity index (χ2v) is 8.31. The Balaban J connectivity index is 2.48. The van der Waals surface area contributed by atoms with Crippen LogP contribution in [0.2, 0.25) is 0 Å². The summed E-state index contributed by atoms with van der Waals surface area (Å²) in [4.78, 5) is 7.57. The number of benzene rings is 2. The molecule has 0 aromatic heterocycles. The van der Waals surface area contributed by atoms with Crippen molar-refractivity contribution in [2.45, 2.75) is 12.2 Å². The van der Waals surface area contributed by atoms with E-state index < -0.39 is 39.6 Å². The molecule has 2 N–H and O–H groups in total. The fraction of sp³-hybridized carbons (Fsp3) is 0.176. The first kappa shape index (κ1) is 25.8. The lowest BCUT2D eigenvalue weighted by molar-refractivity contribution is 0.0175. The Morgan fingerprint density at radius 1 is 0.844 bits per heavy atom. The average Bonchev–Trinajstić information content (AvgIpc) is 2.70. The van der Waals surface area contributed by atoms with E-state index >= 15 is 0 Å². The summed E-state index contributed by atoms with van der Waals surface area (Å²) in [6, 6.07) is 11.9. The van der Waals surface area contributed by atoms with E-state index in [-0.39, 0.29) is 11.3 Å². The van der Waals surface area contributed by atoms with Gasteiger partial charge in [0.25, 0.3) is 0 Å². The van der Waals surface area contributed by atoms with Gasteiger partial charge in [0.2, 0.25) is 0 Å². The summed E-state index contributed by atoms with van der Waals surface area (Å²) in [6.45, 7) is -1.02. The van der Waals surface area contributed by atoms with Crippen LogP contribution in [0, 0.1) is 0 Å². The number of hydrogen-bond donors (Lipinski definition) is 2. The van der Waals surface area contributed by atoms with Crippen LogP contribution in [0.25, 0.3) is 0 Å². The number of nitrogens with zero attached hydrogens (tertiary/aromatic N) is 2. The molecule has 2 atom stereocenters. The van der Waals surface area contributed by atoms with Crippen LogP contribution in [0.15, 0.2) is 58.5 Å². The van der Waals surface area contributed by atoms with Crippen LogP contribution in [0.3, 0.4) is 0 Å². The van der Waals surface area contributed by atoms with Gasteiger partial charge in [-0.25, -0.2) is 8.37 Å². The van der Waals surface area contributed by atoms with Gasteiger partial charge in [0.15, 0.2) is 6.10 Å². The third-order valence-electron chi connectivity index (χ3n) is 3.63. The highest BCUT2D eigenvalue weighted by atomic mass is 32.3. The van der Waals surface area contributed by atoms with Gasteiger partial charge in [-0.2, -0.15) is 26.8 Å². The SMILES string of the molecule is O=S(=O)(O)OCC(OS(=O)(=O)O)C(Oc1ccc(N=C=S)cc1)c1ccc(N=C=S)cc1. The molecule has 2 aromatic rings. The number of hydrogen-bond acceptors (Lipinski definition) is 11. The van der Waals surface area contributed by atoms with Gasteiger partial charge in [0, 0.05) is 0 Å². The molecular formula is C17H14N2O9S4. The second kappa shape index (κ2) is 11.4. The maximum Gasteiger partial charge on any atom is 0.397 e. The topological polar surface area (TPSA) is 161 Å². The van der Waals surface area contributed by atoms with E-state index in [0.29, 0.717) is 11.4 Å². The fourth-order valence-electron chi connectivity index (χ4n) is 2.42. The van der Waals surface area contributed by atoms with E-state index in [2.05, 4.69) is 53.1 Å². The predicted octanol–water partition coefficient (Wildman–Crippen LogP) is 3.28. The van der Waals surface area contributed by atoms with Crippen molar-refractivity contribution in [1.82, 2.24) is 0 Å². The molecule has 2 unspecified atom stereocenters. The van der Waals surface area contributed by atoms with Crippen LogP contribution >= 0.6 is 24.4 Å². The highest BCUT2D eigenvalue weighted by Crippen LogP contribution is 2.30. The first-order chi connectivity index (χ1) is 15.0. The molecule has 0 radical (unpaired) electrons. The van der Waals surface area contributed by atoms with E-state index in [1.54, 1.807) is 0 Å². The summed E-state index contributed by atoms with van der Waals surface area (Å²) in [5.74, 6) is 0.190. The summed E-state index contributed by atoms with van der Waals surface area (Å²) in [7, 11) is -10.0. The molecule has 0 aliphatic heterocycles. The molecule has 32 heavy (non-hydrogen) atoms. The molecule has 170 valence electrons. The zero-order valence-corrected chi connectivity index (χ0v) is 19.0. The van der Waals surface area contributed by atoms with Crippen molar-refractivity contribution in [2.75, 3.05) is 6.61 Å². The molecule has 0 aliphatic rings. The van der Waals surface area contributed by atoms with Crippen molar-refractivity contribution in [3.63, 3.8) is 0 Å². The van der Waals surface area contributed by atoms with E-state index in [1.807, 2.05) is 0 Å². The molecule has 0 heterocycles. The number of ether oxygens (including phenoxy) is 1. The minimum Gasteiger partial charge on any atom is -0.483 e. The third-order valence-corrected chi connectivity index (χ3v) is 4.74. The van der Waals surface area contributed by atoms with Crippen LogP contribution in [0.1, 0.15) is 11.7 Å². The Morgan fingerprint density at radius 3 is 1.78 bits per heavy atom. The first-order valence-corrected chi connectivity index (χ1v) is 11.9. The number of rotatable bonds is 11.